The molecule has 1 unspecified atom stereocenters. The maximum atomic E-state index is 5.75. The molecule has 2 aliphatic rings. The van der Waals surface area contributed by atoms with Crippen LogP contribution in [0.5, 0.6) is 0 Å². The highest BCUT2D eigenvalue weighted by atomic mass is 16.5. The molecule has 0 radical (unpaired) electrons. The van der Waals surface area contributed by atoms with Gasteiger partial charge in [0.1, 0.15) is 0 Å². The maximum absolute atomic E-state index is 5.75. The van der Waals surface area contributed by atoms with E-state index in [9.17, 15) is 0 Å². The number of rotatable bonds is 7. The molecule has 2 heterocycles. The summed E-state index contributed by atoms with van der Waals surface area (Å²) in [5.74, 6) is 1.96. The van der Waals surface area contributed by atoms with Crippen LogP contribution in [0, 0.1) is 5.92 Å². The van der Waals surface area contributed by atoms with Crippen molar-refractivity contribution in [3.8, 4) is 0 Å². The number of likely N-dealkylation sites (tertiary alicyclic amines) is 2. The molecule has 2 fully saturated rings. The molecular weight excluding hydrogens is 300 g/mol. The summed E-state index contributed by atoms with van der Waals surface area (Å²) in [7, 11) is 0. The Labute approximate surface area is 148 Å². The smallest absolute Gasteiger partial charge is 0.193 e. The Balaban J connectivity index is 1.72. The van der Waals surface area contributed by atoms with Gasteiger partial charge in [0.2, 0.25) is 0 Å². The lowest BCUT2D eigenvalue weighted by atomic mass is 10.0. The van der Waals surface area contributed by atoms with E-state index in [1.165, 1.54) is 32.5 Å². The third-order valence-corrected chi connectivity index (χ3v) is 5.11. The summed E-state index contributed by atoms with van der Waals surface area (Å²) in [6.07, 6.45) is 6.60. The SMILES string of the molecule is CCNC(=NCCCN1CCCC(C)C1)N1CCC(OCC)CC1. The minimum atomic E-state index is 0.440. The number of nitrogens with one attached hydrogen (secondary N) is 1. The van der Waals surface area contributed by atoms with Crippen LogP contribution >= 0.6 is 0 Å². The van der Waals surface area contributed by atoms with E-state index in [2.05, 4.69) is 35.9 Å². The zero-order valence-electron chi connectivity index (χ0n) is 16.1. The molecule has 5 heteroatoms. The second-order valence-electron chi connectivity index (χ2n) is 7.28. The molecule has 5 nitrogen and oxygen atoms in total. The van der Waals surface area contributed by atoms with E-state index in [-0.39, 0.29) is 0 Å². The summed E-state index contributed by atoms with van der Waals surface area (Å²) in [6.45, 7) is 15.2. The van der Waals surface area contributed by atoms with Crippen molar-refractivity contribution in [1.29, 1.82) is 0 Å². The number of hydrogen-bond acceptors (Lipinski definition) is 3. The normalized spacial score (nSPS) is 24.4. The van der Waals surface area contributed by atoms with E-state index in [4.69, 9.17) is 9.73 Å². The van der Waals surface area contributed by atoms with Crippen LogP contribution in [0.3, 0.4) is 0 Å². The molecule has 24 heavy (non-hydrogen) atoms. The molecule has 140 valence electrons. The monoisotopic (exact) mass is 338 g/mol. The Bertz CT molecular complexity index is 366. The molecule has 0 aromatic heterocycles. The van der Waals surface area contributed by atoms with E-state index in [0.717, 1.165) is 63.9 Å². The first-order chi connectivity index (χ1) is 11.7. The largest absolute Gasteiger partial charge is 0.378 e. The lowest BCUT2D eigenvalue weighted by Gasteiger charge is -2.34. The molecule has 0 aromatic carbocycles. The number of hydrogen-bond donors (Lipinski definition) is 1. The number of guanidine groups is 1. The molecule has 0 saturated carbocycles. The van der Waals surface area contributed by atoms with Crippen molar-refractivity contribution >= 4 is 5.96 Å². The number of aliphatic imine (C=N–C) groups is 1. The third kappa shape index (κ3) is 6.60. The predicted molar refractivity (Wildman–Crippen MR) is 102 cm³/mol. The van der Waals surface area contributed by atoms with E-state index in [0.29, 0.717) is 6.10 Å². The van der Waals surface area contributed by atoms with E-state index >= 15 is 0 Å². The maximum Gasteiger partial charge on any atom is 0.193 e. The summed E-state index contributed by atoms with van der Waals surface area (Å²) in [6, 6.07) is 0. The first-order valence-electron chi connectivity index (χ1n) is 10.1. The molecule has 1 N–H and O–H groups in total. The average Bonchev–Trinajstić information content (AvgIpc) is 2.59. The van der Waals surface area contributed by atoms with E-state index in [1.807, 2.05) is 0 Å². The van der Waals surface area contributed by atoms with Crippen molar-refractivity contribution in [3.63, 3.8) is 0 Å². The van der Waals surface area contributed by atoms with E-state index in [1.54, 1.807) is 0 Å². The average molecular weight is 339 g/mol. The van der Waals surface area contributed by atoms with Gasteiger partial charge in [-0.05, 0) is 65.0 Å². The van der Waals surface area contributed by atoms with Gasteiger partial charge in [-0.2, -0.15) is 0 Å². The summed E-state index contributed by atoms with van der Waals surface area (Å²) in [4.78, 5) is 9.90. The van der Waals surface area contributed by atoms with Gasteiger partial charge in [-0.3, -0.25) is 4.99 Å². The summed E-state index contributed by atoms with van der Waals surface area (Å²) in [5.41, 5.74) is 0. The van der Waals surface area contributed by atoms with Crippen LogP contribution in [0.2, 0.25) is 0 Å². The van der Waals surface area contributed by atoms with Gasteiger partial charge >= 0.3 is 0 Å². The highest BCUT2D eigenvalue weighted by molar-refractivity contribution is 5.80. The molecule has 0 spiro atoms. The Morgan fingerprint density at radius 3 is 2.62 bits per heavy atom. The summed E-state index contributed by atoms with van der Waals surface area (Å²) >= 11 is 0. The van der Waals surface area contributed by atoms with Crippen LogP contribution in [0.1, 0.15) is 52.9 Å². The van der Waals surface area contributed by atoms with Crippen molar-refractivity contribution in [2.24, 2.45) is 10.9 Å². The van der Waals surface area contributed by atoms with Gasteiger partial charge in [-0.25, -0.2) is 0 Å². The fourth-order valence-corrected chi connectivity index (χ4v) is 3.86. The van der Waals surface area contributed by atoms with Crippen LogP contribution in [-0.4, -0.2) is 74.3 Å². The minimum Gasteiger partial charge on any atom is -0.378 e. The molecule has 0 aliphatic carbocycles. The molecule has 2 rings (SSSR count). The summed E-state index contributed by atoms with van der Waals surface area (Å²) in [5, 5.41) is 3.47. The highest BCUT2D eigenvalue weighted by Gasteiger charge is 2.21. The van der Waals surface area contributed by atoms with Gasteiger partial charge in [0, 0.05) is 39.3 Å². The molecule has 0 aromatic rings. The van der Waals surface area contributed by atoms with Crippen molar-refractivity contribution in [2.45, 2.75) is 59.0 Å². The van der Waals surface area contributed by atoms with Crippen LogP contribution in [0.25, 0.3) is 0 Å². The molecule has 0 bridgehead atoms. The fourth-order valence-electron chi connectivity index (χ4n) is 3.86. The topological polar surface area (TPSA) is 40.1 Å². The number of nitrogens with zero attached hydrogens (tertiary/aromatic N) is 3. The lowest BCUT2D eigenvalue weighted by molar-refractivity contribution is 0.0264. The van der Waals surface area contributed by atoms with Crippen LogP contribution < -0.4 is 5.32 Å². The van der Waals surface area contributed by atoms with Gasteiger partial charge in [0.15, 0.2) is 5.96 Å². The second-order valence-corrected chi connectivity index (χ2v) is 7.28. The van der Waals surface area contributed by atoms with Gasteiger partial charge in [-0.1, -0.05) is 6.92 Å². The van der Waals surface area contributed by atoms with Crippen molar-refractivity contribution in [2.75, 3.05) is 52.4 Å². The Morgan fingerprint density at radius 2 is 1.96 bits per heavy atom. The molecule has 2 aliphatic heterocycles. The van der Waals surface area contributed by atoms with Gasteiger partial charge in [0.05, 0.1) is 6.10 Å². The Hall–Kier alpha value is -0.810. The third-order valence-electron chi connectivity index (χ3n) is 5.11. The molecule has 2 saturated heterocycles. The quantitative estimate of drug-likeness (QED) is 0.440. The van der Waals surface area contributed by atoms with Gasteiger partial charge in [-0.15, -0.1) is 0 Å². The van der Waals surface area contributed by atoms with Gasteiger partial charge in [0.25, 0.3) is 0 Å². The molecule has 0 amide bonds. The Kier molecular flexibility index (Phi) is 8.89. The zero-order chi connectivity index (χ0) is 17.2. The standard InChI is InChI=1S/C19H38N4O/c1-4-20-19(23-14-9-18(10-15-23)24-5-2)21-11-7-13-22-12-6-8-17(3)16-22/h17-18H,4-16H2,1-3H3,(H,20,21). The number of ether oxygens (including phenoxy) is 1. The molecular formula is C19H38N4O. The minimum absolute atomic E-state index is 0.440. The second kappa shape index (κ2) is 10.9. The first kappa shape index (κ1) is 19.5. The predicted octanol–water partition coefficient (Wildman–Crippen LogP) is 2.57. The van der Waals surface area contributed by atoms with E-state index < -0.39 is 0 Å². The van der Waals surface area contributed by atoms with Crippen LogP contribution in [0.15, 0.2) is 4.99 Å². The highest BCUT2D eigenvalue weighted by Crippen LogP contribution is 2.16. The van der Waals surface area contributed by atoms with Crippen LogP contribution in [-0.2, 0) is 4.74 Å². The van der Waals surface area contributed by atoms with Crippen molar-refractivity contribution in [3.05, 3.63) is 0 Å². The van der Waals surface area contributed by atoms with Crippen molar-refractivity contribution in [1.82, 2.24) is 15.1 Å². The fraction of sp³-hybridized carbons (Fsp3) is 0.947. The Morgan fingerprint density at radius 1 is 1.17 bits per heavy atom. The van der Waals surface area contributed by atoms with Gasteiger partial charge < -0.3 is 19.9 Å². The zero-order valence-corrected chi connectivity index (χ0v) is 16.1. The van der Waals surface area contributed by atoms with Crippen LogP contribution in [0.4, 0.5) is 0 Å². The first-order valence-corrected chi connectivity index (χ1v) is 10.1. The lowest BCUT2D eigenvalue weighted by Crippen LogP contribution is -2.47. The summed E-state index contributed by atoms with van der Waals surface area (Å²) < 4.78 is 5.75. The number of piperidine rings is 2. The molecule has 1 atom stereocenters. The van der Waals surface area contributed by atoms with Crippen molar-refractivity contribution < 1.29 is 4.74 Å².